The lowest BCUT2D eigenvalue weighted by atomic mass is 9.72. The molecule has 3 unspecified atom stereocenters. The number of methoxy groups -OCH3 is 1. The standard InChI is InChI=1S/C19H22O4/c1-3-16(20)15-11-17-19(18(21)22-2,10-9-13(15)12-23-17)14-7-5-4-6-8-14/h4-10,13,15,17H,3,11-12H2,1-2H3/t13?,15?,17?,19-/m0/s1. The Morgan fingerprint density at radius 2 is 2.04 bits per heavy atom. The zero-order valence-electron chi connectivity index (χ0n) is 13.5. The molecule has 0 amide bonds. The number of carbonyl (C=O) groups is 2. The van der Waals surface area contributed by atoms with Crippen LogP contribution in [0, 0.1) is 11.8 Å². The van der Waals surface area contributed by atoms with Crippen LogP contribution in [0.2, 0.25) is 0 Å². The first kappa shape index (κ1) is 15.9. The van der Waals surface area contributed by atoms with Gasteiger partial charge in [-0.1, -0.05) is 49.4 Å². The Hall–Kier alpha value is -1.94. The van der Waals surface area contributed by atoms with Crippen LogP contribution in [0.25, 0.3) is 0 Å². The maximum Gasteiger partial charge on any atom is 0.322 e. The van der Waals surface area contributed by atoms with Crippen molar-refractivity contribution in [3.63, 3.8) is 0 Å². The molecule has 2 bridgehead atoms. The highest BCUT2D eigenvalue weighted by molar-refractivity contribution is 5.88. The summed E-state index contributed by atoms with van der Waals surface area (Å²) in [7, 11) is 1.40. The average Bonchev–Trinajstić information content (AvgIpc) is 2.90. The van der Waals surface area contributed by atoms with Gasteiger partial charge in [0.1, 0.15) is 11.2 Å². The van der Waals surface area contributed by atoms with E-state index in [0.29, 0.717) is 19.4 Å². The highest BCUT2D eigenvalue weighted by Gasteiger charge is 2.53. The second kappa shape index (κ2) is 6.28. The lowest BCUT2D eigenvalue weighted by Crippen LogP contribution is -2.50. The fraction of sp³-hybridized carbons (Fsp3) is 0.474. The molecule has 3 aliphatic rings. The predicted molar refractivity (Wildman–Crippen MR) is 85.9 cm³/mol. The number of hydrogen-bond donors (Lipinski definition) is 0. The Kier molecular flexibility index (Phi) is 4.35. The van der Waals surface area contributed by atoms with Gasteiger partial charge >= 0.3 is 5.97 Å². The normalized spacial score (nSPS) is 32.3. The molecule has 1 fully saturated rings. The first-order chi connectivity index (χ1) is 11.1. The molecule has 2 aliphatic heterocycles. The molecule has 1 aliphatic carbocycles. The molecular weight excluding hydrogens is 292 g/mol. The molecule has 4 rings (SSSR count). The van der Waals surface area contributed by atoms with E-state index in [1.807, 2.05) is 49.4 Å². The molecular formula is C19H22O4. The molecule has 4 nitrogen and oxygen atoms in total. The van der Waals surface area contributed by atoms with Gasteiger partial charge in [0.2, 0.25) is 0 Å². The van der Waals surface area contributed by atoms with Crippen LogP contribution in [-0.4, -0.2) is 31.6 Å². The number of Topliss-reactive ketones (excluding diaryl/α,β-unsaturated/α-hetero) is 1. The number of fused-ring (bicyclic) bond motifs is 3. The predicted octanol–water partition coefficient (Wildman–Crippen LogP) is 2.67. The quantitative estimate of drug-likeness (QED) is 0.633. The minimum absolute atomic E-state index is 0.0361. The van der Waals surface area contributed by atoms with Crippen molar-refractivity contribution in [3.05, 3.63) is 48.0 Å². The van der Waals surface area contributed by atoms with Crippen molar-refractivity contribution in [1.29, 1.82) is 0 Å². The van der Waals surface area contributed by atoms with Crippen molar-refractivity contribution < 1.29 is 19.1 Å². The Labute approximate surface area is 136 Å². The second-order valence-corrected chi connectivity index (χ2v) is 6.23. The summed E-state index contributed by atoms with van der Waals surface area (Å²) in [5, 5.41) is 0. The number of carbonyl (C=O) groups excluding carboxylic acids is 2. The largest absolute Gasteiger partial charge is 0.468 e. The second-order valence-electron chi connectivity index (χ2n) is 6.23. The third-order valence-electron chi connectivity index (χ3n) is 5.13. The van der Waals surface area contributed by atoms with Crippen LogP contribution in [-0.2, 0) is 24.5 Å². The van der Waals surface area contributed by atoms with E-state index in [9.17, 15) is 9.59 Å². The Morgan fingerprint density at radius 3 is 2.70 bits per heavy atom. The molecule has 0 saturated carbocycles. The van der Waals surface area contributed by atoms with Crippen molar-refractivity contribution in [1.82, 2.24) is 0 Å². The van der Waals surface area contributed by atoms with Crippen LogP contribution in [0.4, 0.5) is 0 Å². The van der Waals surface area contributed by atoms with Crippen LogP contribution in [0.3, 0.4) is 0 Å². The summed E-state index contributed by atoms with van der Waals surface area (Å²) in [5.41, 5.74) is -0.133. The third-order valence-corrected chi connectivity index (χ3v) is 5.13. The molecule has 0 N–H and O–H groups in total. The fourth-order valence-corrected chi connectivity index (χ4v) is 3.82. The van der Waals surface area contributed by atoms with Crippen molar-refractivity contribution in [2.45, 2.75) is 31.3 Å². The minimum Gasteiger partial charge on any atom is -0.468 e. The van der Waals surface area contributed by atoms with Crippen molar-refractivity contribution in [3.8, 4) is 0 Å². The van der Waals surface area contributed by atoms with Crippen LogP contribution in [0.1, 0.15) is 25.3 Å². The Balaban J connectivity index is 2.08. The highest BCUT2D eigenvalue weighted by Crippen LogP contribution is 2.44. The van der Waals surface area contributed by atoms with Crippen molar-refractivity contribution in [2.24, 2.45) is 11.8 Å². The summed E-state index contributed by atoms with van der Waals surface area (Å²) in [6, 6.07) is 9.55. The summed E-state index contributed by atoms with van der Waals surface area (Å²) in [4.78, 5) is 25.0. The molecule has 1 aromatic carbocycles. The molecule has 1 aromatic rings. The van der Waals surface area contributed by atoms with Gasteiger partial charge in [-0.05, 0) is 12.0 Å². The monoisotopic (exact) mass is 314 g/mol. The van der Waals surface area contributed by atoms with Crippen LogP contribution >= 0.6 is 0 Å². The van der Waals surface area contributed by atoms with Gasteiger partial charge in [-0.3, -0.25) is 9.59 Å². The first-order valence-corrected chi connectivity index (χ1v) is 8.11. The van der Waals surface area contributed by atoms with Gasteiger partial charge in [0.25, 0.3) is 0 Å². The maximum atomic E-state index is 12.7. The molecule has 2 heterocycles. The van der Waals surface area contributed by atoms with E-state index in [2.05, 4.69) is 0 Å². The molecule has 0 aromatic heterocycles. The van der Waals surface area contributed by atoms with Gasteiger partial charge in [0.05, 0.1) is 19.8 Å². The number of rotatable bonds is 4. The fourth-order valence-electron chi connectivity index (χ4n) is 3.82. The topological polar surface area (TPSA) is 52.6 Å². The van der Waals surface area contributed by atoms with E-state index in [1.54, 1.807) is 0 Å². The number of benzene rings is 1. The molecule has 0 spiro atoms. The molecule has 0 radical (unpaired) electrons. The number of ketones is 1. The van der Waals surface area contributed by atoms with Crippen LogP contribution in [0.15, 0.2) is 42.5 Å². The molecule has 23 heavy (non-hydrogen) atoms. The van der Waals surface area contributed by atoms with E-state index in [4.69, 9.17) is 9.47 Å². The van der Waals surface area contributed by atoms with E-state index in [0.717, 1.165) is 5.56 Å². The van der Waals surface area contributed by atoms with Gasteiger partial charge < -0.3 is 9.47 Å². The van der Waals surface area contributed by atoms with Crippen LogP contribution < -0.4 is 0 Å². The van der Waals surface area contributed by atoms with Gasteiger partial charge in [0, 0.05) is 18.3 Å². The van der Waals surface area contributed by atoms with E-state index < -0.39 is 5.41 Å². The molecule has 4 heteroatoms. The average molecular weight is 314 g/mol. The van der Waals surface area contributed by atoms with Crippen molar-refractivity contribution in [2.75, 3.05) is 13.7 Å². The first-order valence-electron chi connectivity index (χ1n) is 8.11. The van der Waals surface area contributed by atoms with Gasteiger partial charge in [0.15, 0.2) is 0 Å². The number of esters is 1. The Bertz CT molecular complexity index is 622. The van der Waals surface area contributed by atoms with Crippen LogP contribution in [0.5, 0.6) is 0 Å². The highest BCUT2D eigenvalue weighted by atomic mass is 16.5. The molecule has 122 valence electrons. The van der Waals surface area contributed by atoms with Gasteiger partial charge in [-0.25, -0.2) is 0 Å². The SMILES string of the molecule is CCC(=O)C1CC2OCC1C=C[C@]2(C(=O)OC)c1ccccc1. The van der Waals surface area contributed by atoms with Gasteiger partial charge in [-0.15, -0.1) is 0 Å². The summed E-state index contributed by atoms with van der Waals surface area (Å²) in [6.07, 6.45) is 4.56. The van der Waals surface area contributed by atoms with Gasteiger partial charge in [-0.2, -0.15) is 0 Å². The number of ether oxygens (including phenoxy) is 2. The molecule has 4 atom stereocenters. The minimum atomic E-state index is -0.979. The van der Waals surface area contributed by atoms with E-state index in [1.165, 1.54) is 7.11 Å². The lowest BCUT2D eigenvalue weighted by molar-refractivity contribution is -0.156. The lowest BCUT2D eigenvalue weighted by Gasteiger charge is -2.39. The smallest absolute Gasteiger partial charge is 0.322 e. The van der Waals surface area contributed by atoms with E-state index >= 15 is 0 Å². The van der Waals surface area contributed by atoms with Crippen molar-refractivity contribution >= 4 is 11.8 Å². The summed E-state index contributed by atoms with van der Waals surface area (Å²) in [6.45, 7) is 2.36. The number of hydrogen-bond acceptors (Lipinski definition) is 4. The zero-order chi connectivity index (χ0) is 16.4. The maximum absolute atomic E-state index is 12.7. The Morgan fingerprint density at radius 1 is 1.30 bits per heavy atom. The van der Waals surface area contributed by atoms with E-state index in [-0.39, 0.29) is 29.7 Å². The molecule has 1 saturated heterocycles. The summed E-state index contributed by atoms with van der Waals surface area (Å²) >= 11 is 0. The zero-order valence-corrected chi connectivity index (χ0v) is 13.5. The summed E-state index contributed by atoms with van der Waals surface area (Å²) < 4.78 is 11.1. The third kappa shape index (κ3) is 2.51. The summed E-state index contributed by atoms with van der Waals surface area (Å²) in [5.74, 6) is -0.143.